The minimum atomic E-state index is 1.05. The van der Waals surface area contributed by atoms with Gasteiger partial charge < -0.3 is 0 Å². The summed E-state index contributed by atoms with van der Waals surface area (Å²) in [7, 11) is 0. The van der Waals surface area contributed by atoms with Crippen LogP contribution in [0.5, 0.6) is 0 Å². The Morgan fingerprint density at radius 2 is 1.76 bits per heavy atom. The number of thiazole rings is 1. The molecule has 2 aromatic rings. The summed E-state index contributed by atoms with van der Waals surface area (Å²) in [4.78, 5) is 4.67. The molecule has 1 aromatic heterocycles. The highest BCUT2D eigenvalue weighted by Crippen LogP contribution is 2.35. The number of hydrogen-bond acceptors (Lipinski definition) is 2. The lowest BCUT2D eigenvalue weighted by molar-refractivity contribution is 1.08. The molecule has 0 radical (unpaired) electrons. The van der Waals surface area contributed by atoms with Crippen LogP contribution in [0.4, 0.5) is 0 Å². The molecule has 0 atom stereocenters. The summed E-state index contributed by atoms with van der Waals surface area (Å²) in [5, 5.41) is 1.14. The van der Waals surface area contributed by atoms with Crippen LogP contribution in [0.2, 0.25) is 0 Å². The lowest BCUT2D eigenvalue weighted by Gasteiger charge is -2.10. The summed E-state index contributed by atoms with van der Waals surface area (Å²) in [6.45, 7) is 6.45. The van der Waals surface area contributed by atoms with E-state index >= 15 is 0 Å². The van der Waals surface area contributed by atoms with Crippen LogP contribution >= 0.6 is 27.3 Å². The Kier molecular flexibility index (Phi) is 4.00. The van der Waals surface area contributed by atoms with Crippen molar-refractivity contribution >= 4 is 27.3 Å². The number of rotatable bonds is 3. The molecule has 0 aliphatic heterocycles. The van der Waals surface area contributed by atoms with E-state index in [1.807, 2.05) is 6.92 Å². The van der Waals surface area contributed by atoms with Gasteiger partial charge in [0.2, 0.25) is 0 Å². The number of hydrogen-bond donors (Lipinski definition) is 0. The van der Waals surface area contributed by atoms with Gasteiger partial charge in [-0.1, -0.05) is 32.0 Å². The van der Waals surface area contributed by atoms with Crippen molar-refractivity contribution < 1.29 is 0 Å². The average Bonchev–Trinajstić information content (AvgIpc) is 2.68. The Morgan fingerprint density at radius 3 is 2.18 bits per heavy atom. The third-order valence-electron chi connectivity index (χ3n) is 2.95. The van der Waals surface area contributed by atoms with E-state index in [2.05, 4.69) is 53.0 Å². The molecule has 0 spiro atoms. The van der Waals surface area contributed by atoms with Crippen molar-refractivity contribution in [3.63, 3.8) is 0 Å². The van der Waals surface area contributed by atoms with Gasteiger partial charge in [0, 0.05) is 5.56 Å². The number of nitrogens with zero attached hydrogens (tertiary/aromatic N) is 1. The van der Waals surface area contributed by atoms with Crippen LogP contribution in [-0.2, 0) is 12.8 Å². The van der Waals surface area contributed by atoms with Crippen molar-refractivity contribution in [1.82, 2.24) is 4.98 Å². The number of aryl methyl sites for hydroxylation is 3. The standard InChI is InChI=1S/C14H16BrNS/c1-4-10-7-6-8-11(5-2)12(10)14-16-9(3)13(15)17-14/h6-8H,4-5H2,1-3H3. The van der Waals surface area contributed by atoms with E-state index in [4.69, 9.17) is 0 Å². The van der Waals surface area contributed by atoms with Gasteiger partial charge in [-0.05, 0) is 46.8 Å². The first-order valence-corrected chi connectivity index (χ1v) is 7.52. The first-order chi connectivity index (χ1) is 8.17. The predicted molar refractivity (Wildman–Crippen MR) is 78.7 cm³/mol. The largest absolute Gasteiger partial charge is 0.240 e. The Labute approximate surface area is 115 Å². The van der Waals surface area contributed by atoms with Crippen LogP contribution < -0.4 is 0 Å². The molecule has 0 fully saturated rings. The SMILES string of the molecule is CCc1cccc(CC)c1-c1nc(C)c(Br)s1. The van der Waals surface area contributed by atoms with Crippen molar-refractivity contribution in [2.75, 3.05) is 0 Å². The molecule has 0 unspecified atom stereocenters. The zero-order valence-corrected chi connectivity index (χ0v) is 12.8. The Bertz CT molecular complexity index is 489. The molecule has 1 heterocycles. The summed E-state index contributed by atoms with van der Waals surface area (Å²) in [6, 6.07) is 6.56. The normalized spacial score (nSPS) is 10.8. The maximum absolute atomic E-state index is 4.67. The second-order valence-electron chi connectivity index (χ2n) is 4.04. The summed E-state index contributed by atoms with van der Waals surface area (Å²) in [6.07, 6.45) is 2.11. The maximum atomic E-state index is 4.67. The highest BCUT2D eigenvalue weighted by molar-refractivity contribution is 9.11. The summed E-state index contributed by atoms with van der Waals surface area (Å²) in [5.41, 5.74) is 5.21. The Hall–Kier alpha value is -0.670. The van der Waals surface area contributed by atoms with Crippen molar-refractivity contribution in [3.05, 3.63) is 38.8 Å². The van der Waals surface area contributed by atoms with E-state index in [1.54, 1.807) is 11.3 Å². The molecule has 0 amide bonds. The Balaban J connectivity index is 2.63. The number of aromatic nitrogens is 1. The summed E-state index contributed by atoms with van der Waals surface area (Å²) in [5.74, 6) is 0. The highest BCUT2D eigenvalue weighted by Gasteiger charge is 2.13. The minimum Gasteiger partial charge on any atom is -0.240 e. The molecule has 3 heteroatoms. The van der Waals surface area contributed by atoms with Crippen molar-refractivity contribution in [2.24, 2.45) is 0 Å². The summed E-state index contributed by atoms with van der Waals surface area (Å²) < 4.78 is 1.14. The lowest BCUT2D eigenvalue weighted by atomic mass is 9.98. The zero-order valence-electron chi connectivity index (χ0n) is 10.4. The molecule has 0 aliphatic carbocycles. The molecule has 0 bridgehead atoms. The topological polar surface area (TPSA) is 12.9 Å². The number of halogens is 1. The number of benzene rings is 1. The van der Waals surface area contributed by atoms with Gasteiger partial charge in [0.15, 0.2) is 0 Å². The van der Waals surface area contributed by atoms with Gasteiger partial charge >= 0.3 is 0 Å². The molecule has 0 N–H and O–H groups in total. The van der Waals surface area contributed by atoms with Crippen LogP contribution in [0.3, 0.4) is 0 Å². The van der Waals surface area contributed by atoms with Gasteiger partial charge in [-0.3, -0.25) is 0 Å². The summed E-state index contributed by atoms with van der Waals surface area (Å²) >= 11 is 5.29. The minimum absolute atomic E-state index is 1.05. The molecule has 2 rings (SSSR count). The second-order valence-corrected chi connectivity index (χ2v) is 6.35. The van der Waals surface area contributed by atoms with Gasteiger partial charge in [0.05, 0.1) is 9.48 Å². The van der Waals surface area contributed by atoms with Gasteiger partial charge in [-0.25, -0.2) is 4.98 Å². The average molecular weight is 310 g/mol. The van der Waals surface area contributed by atoms with E-state index in [1.165, 1.54) is 16.7 Å². The first kappa shape index (κ1) is 12.8. The van der Waals surface area contributed by atoms with Crippen LogP contribution in [0, 0.1) is 6.92 Å². The molecule has 17 heavy (non-hydrogen) atoms. The van der Waals surface area contributed by atoms with Crippen molar-refractivity contribution in [1.29, 1.82) is 0 Å². The quantitative estimate of drug-likeness (QED) is 0.777. The fraction of sp³-hybridized carbons (Fsp3) is 0.357. The predicted octanol–water partition coefficient (Wildman–Crippen LogP) is 5.01. The molecule has 0 aliphatic rings. The van der Waals surface area contributed by atoms with E-state index in [0.29, 0.717) is 0 Å². The fourth-order valence-electron chi connectivity index (χ4n) is 2.00. The third kappa shape index (κ3) is 2.45. The van der Waals surface area contributed by atoms with Crippen molar-refractivity contribution in [2.45, 2.75) is 33.6 Å². The molecule has 1 aromatic carbocycles. The molecule has 0 saturated heterocycles. The van der Waals surface area contributed by atoms with Gasteiger partial charge in [-0.2, -0.15) is 0 Å². The molecule has 0 saturated carbocycles. The zero-order chi connectivity index (χ0) is 12.4. The van der Waals surface area contributed by atoms with E-state index in [9.17, 15) is 0 Å². The van der Waals surface area contributed by atoms with Gasteiger partial charge in [0.25, 0.3) is 0 Å². The maximum Gasteiger partial charge on any atom is 0.125 e. The molecular formula is C14H16BrNS. The van der Waals surface area contributed by atoms with Crippen LogP contribution in [0.15, 0.2) is 22.0 Å². The highest BCUT2D eigenvalue weighted by atomic mass is 79.9. The van der Waals surface area contributed by atoms with Gasteiger partial charge in [-0.15, -0.1) is 11.3 Å². The smallest absolute Gasteiger partial charge is 0.125 e. The molecule has 90 valence electrons. The van der Waals surface area contributed by atoms with Crippen LogP contribution in [-0.4, -0.2) is 4.98 Å². The van der Waals surface area contributed by atoms with Crippen LogP contribution in [0.1, 0.15) is 30.7 Å². The second kappa shape index (κ2) is 5.32. The Morgan fingerprint density at radius 1 is 1.18 bits per heavy atom. The molecular weight excluding hydrogens is 294 g/mol. The van der Waals surface area contributed by atoms with Crippen LogP contribution in [0.25, 0.3) is 10.6 Å². The van der Waals surface area contributed by atoms with Crippen molar-refractivity contribution in [3.8, 4) is 10.6 Å². The first-order valence-electron chi connectivity index (χ1n) is 5.91. The fourth-order valence-corrected chi connectivity index (χ4v) is 3.46. The van der Waals surface area contributed by atoms with E-state index in [0.717, 1.165) is 27.3 Å². The lowest BCUT2D eigenvalue weighted by Crippen LogP contribution is -1.93. The van der Waals surface area contributed by atoms with E-state index in [-0.39, 0.29) is 0 Å². The monoisotopic (exact) mass is 309 g/mol. The third-order valence-corrected chi connectivity index (χ3v) is 4.98. The van der Waals surface area contributed by atoms with E-state index < -0.39 is 0 Å². The van der Waals surface area contributed by atoms with Gasteiger partial charge in [0.1, 0.15) is 5.01 Å². The molecule has 1 nitrogen and oxygen atoms in total.